The van der Waals surface area contributed by atoms with Crippen LogP contribution < -0.4 is 10.5 Å². The number of thiazole rings is 1. The third kappa shape index (κ3) is 3.45. The van der Waals surface area contributed by atoms with Crippen molar-refractivity contribution in [2.45, 2.75) is 20.0 Å². The SMILES string of the molecule is COc1ccc(N)cc1CN(C)Cc1scnc1C. The molecule has 0 fully saturated rings. The quantitative estimate of drug-likeness (QED) is 0.854. The second-order valence-electron chi connectivity index (χ2n) is 4.60. The first-order valence-electron chi connectivity index (χ1n) is 6.10. The van der Waals surface area contributed by atoms with Gasteiger partial charge in [-0.05, 0) is 32.2 Å². The van der Waals surface area contributed by atoms with Crippen LogP contribution in [0.4, 0.5) is 5.69 Å². The lowest BCUT2D eigenvalue weighted by Gasteiger charge is -2.18. The highest BCUT2D eigenvalue weighted by atomic mass is 32.1. The van der Waals surface area contributed by atoms with Crippen molar-refractivity contribution in [3.63, 3.8) is 0 Å². The highest BCUT2D eigenvalue weighted by Gasteiger charge is 2.09. The molecule has 2 rings (SSSR count). The molecule has 0 radical (unpaired) electrons. The zero-order chi connectivity index (χ0) is 13.8. The summed E-state index contributed by atoms with van der Waals surface area (Å²) in [5.74, 6) is 0.877. The summed E-state index contributed by atoms with van der Waals surface area (Å²) in [6.07, 6.45) is 0. The van der Waals surface area contributed by atoms with Gasteiger partial charge in [-0.2, -0.15) is 0 Å². The fourth-order valence-electron chi connectivity index (χ4n) is 1.99. The fraction of sp³-hybridized carbons (Fsp3) is 0.357. The van der Waals surface area contributed by atoms with E-state index in [0.29, 0.717) is 0 Å². The summed E-state index contributed by atoms with van der Waals surface area (Å²) in [4.78, 5) is 7.80. The predicted octanol–water partition coefficient (Wildman–Crippen LogP) is 2.67. The maximum Gasteiger partial charge on any atom is 0.123 e. The standard InChI is InChI=1S/C14H19N3OS/c1-10-14(19-9-16-10)8-17(2)7-11-6-12(15)4-5-13(11)18-3/h4-6,9H,7-8,15H2,1-3H3. The van der Waals surface area contributed by atoms with Crippen molar-refractivity contribution in [1.82, 2.24) is 9.88 Å². The van der Waals surface area contributed by atoms with E-state index in [2.05, 4.69) is 16.9 Å². The number of nitrogen functional groups attached to an aromatic ring is 1. The van der Waals surface area contributed by atoms with E-state index >= 15 is 0 Å². The molecule has 1 aromatic heterocycles. The Bertz CT molecular complexity index is 553. The third-order valence-corrected chi connectivity index (χ3v) is 3.92. The van der Waals surface area contributed by atoms with E-state index in [1.165, 1.54) is 4.88 Å². The third-order valence-electron chi connectivity index (χ3n) is 3.00. The van der Waals surface area contributed by atoms with Gasteiger partial charge in [-0.25, -0.2) is 4.98 Å². The number of hydrogen-bond acceptors (Lipinski definition) is 5. The minimum absolute atomic E-state index is 0.762. The second kappa shape index (κ2) is 6.04. The van der Waals surface area contributed by atoms with E-state index < -0.39 is 0 Å². The normalized spacial score (nSPS) is 10.9. The van der Waals surface area contributed by atoms with Crippen LogP contribution in [0.3, 0.4) is 0 Å². The molecule has 0 aliphatic rings. The molecule has 0 atom stereocenters. The van der Waals surface area contributed by atoms with Crippen molar-refractivity contribution in [1.29, 1.82) is 0 Å². The minimum atomic E-state index is 0.762. The van der Waals surface area contributed by atoms with Crippen LogP contribution in [0.25, 0.3) is 0 Å². The zero-order valence-corrected chi connectivity index (χ0v) is 12.3. The lowest BCUT2D eigenvalue weighted by Crippen LogP contribution is -2.17. The van der Waals surface area contributed by atoms with Crippen molar-refractivity contribution in [3.8, 4) is 5.75 Å². The van der Waals surface area contributed by atoms with Gasteiger partial charge in [0.25, 0.3) is 0 Å². The Morgan fingerprint density at radius 3 is 2.79 bits per heavy atom. The molecule has 19 heavy (non-hydrogen) atoms. The molecule has 0 saturated carbocycles. The van der Waals surface area contributed by atoms with Crippen LogP contribution >= 0.6 is 11.3 Å². The van der Waals surface area contributed by atoms with Gasteiger partial charge in [0.15, 0.2) is 0 Å². The number of hydrogen-bond donors (Lipinski definition) is 1. The fourth-order valence-corrected chi connectivity index (χ4v) is 2.85. The average molecular weight is 277 g/mol. The Kier molecular flexibility index (Phi) is 4.39. The predicted molar refractivity (Wildman–Crippen MR) is 79.4 cm³/mol. The molecule has 0 unspecified atom stereocenters. The highest BCUT2D eigenvalue weighted by molar-refractivity contribution is 7.09. The first-order valence-corrected chi connectivity index (χ1v) is 6.98. The van der Waals surface area contributed by atoms with Gasteiger partial charge in [-0.3, -0.25) is 4.90 Å². The summed E-state index contributed by atoms with van der Waals surface area (Å²) >= 11 is 1.69. The number of rotatable bonds is 5. The molecule has 0 bridgehead atoms. The smallest absolute Gasteiger partial charge is 0.123 e. The minimum Gasteiger partial charge on any atom is -0.496 e. The lowest BCUT2D eigenvalue weighted by atomic mass is 10.1. The van der Waals surface area contributed by atoms with Gasteiger partial charge in [0.05, 0.1) is 18.3 Å². The van der Waals surface area contributed by atoms with E-state index in [0.717, 1.165) is 35.8 Å². The maximum absolute atomic E-state index is 5.84. The van der Waals surface area contributed by atoms with E-state index in [9.17, 15) is 0 Å². The summed E-state index contributed by atoms with van der Waals surface area (Å²) in [5.41, 5.74) is 10.7. The number of nitrogens with two attached hydrogens (primary N) is 1. The van der Waals surface area contributed by atoms with Crippen LogP contribution in [0.1, 0.15) is 16.1 Å². The lowest BCUT2D eigenvalue weighted by molar-refractivity contribution is 0.312. The molecule has 102 valence electrons. The molecule has 0 spiro atoms. The van der Waals surface area contributed by atoms with Crippen LogP contribution in [0.2, 0.25) is 0 Å². The molecular formula is C14H19N3OS. The van der Waals surface area contributed by atoms with Crippen LogP contribution in [0, 0.1) is 6.92 Å². The van der Waals surface area contributed by atoms with Crippen molar-refractivity contribution >= 4 is 17.0 Å². The number of aryl methyl sites for hydroxylation is 1. The number of nitrogens with zero attached hydrogens (tertiary/aromatic N) is 2. The molecule has 0 saturated heterocycles. The topological polar surface area (TPSA) is 51.4 Å². The Morgan fingerprint density at radius 1 is 1.37 bits per heavy atom. The Labute approximate surface area is 117 Å². The van der Waals surface area contributed by atoms with Gasteiger partial charge in [-0.1, -0.05) is 0 Å². The van der Waals surface area contributed by atoms with Crippen LogP contribution in [-0.4, -0.2) is 24.0 Å². The largest absolute Gasteiger partial charge is 0.496 e. The van der Waals surface area contributed by atoms with Gasteiger partial charge >= 0.3 is 0 Å². The molecule has 2 aromatic rings. The van der Waals surface area contributed by atoms with E-state index in [1.807, 2.05) is 30.6 Å². The molecule has 0 aliphatic carbocycles. The van der Waals surface area contributed by atoms with Gasteiger partial charge in [0, 0.05) is 29.2 Å². The maximum atomic E-state index is 5.84. The second-order valence-corrected chi connectivity index (χ2v) is 5.54. The van der Waals surface area contributed by atoms with Crippen molar-refractivity contribution in [3.05, 3.63) is 39.8 Å². The number of ether oxygens (including phenoxy) is 1. The number of benzene rings is 1. The Morgan fingerprint density at radius 2 is 2.16 bits per heavy atom. The summed E-state index contributed by atoms with van der Waals surface area (Å²) in [5, 5.41) is 0. The Hall–Kier alpha value is -1.59. The summed E-state index contributed by atoms with van der Waals surface area (Å²) in [7, 11) is 3.77. The molecule has 1 aromatic carbocycles. The van der Waals surface area contributed by atoms with Gasteiger partial charge in [0.1, 0.15) is 5.75 Å². The van der Waals surface area contributed by atoms with Crippen molar-refractivity contribution in [2.75, 3.05) is 19.9 Å². The zero-order valence-electron chi connectivity index (χ0n) is 11.5. The monoisotopic (exact) mass is 277 g/mol. The number of aromatic nitrogens is 1. The van der Waals surface area contributed by atoms with E-state index in [4.69, 9.17) is 10.5 Å². The molecule has 4 nitrogen and oxygen atoms in total. The van der Waals surface area contributed by atoms with Gasteiger partial charge in [0.2, 0.25) is 0 Å². The summed E-state index contributed by atoms with van der Waals surface area (Å²) in [6, 6.07) is 5.74. The summed E-state index contributed by atoms with van der Waals surface area (Å²) < 4.78 is 5.37. The highest BCUT2D eigenvalue weighted by Crippen LogP contribution is 2.23. The van der Waals surface area contributed by atoms with Crippen LogP contribution in [-0.2, 0) is 13.1 Å². The average Bonchev–Trinajstić information content (AvgIpc) is 2.75. The Balaban J connectivity index is 2.08. The number of anilines is 1. The molecule has 0 aliphatic heterocycles. The molecule has 5 heteroatoms. The van der Waals surface area contributed by atoms with E-state index in [-0.39, 0.29) is 0 Å². The molecule has 0 amide bonds. The first-order chi connectivity index (χ1) is 9.10. The molecular weight excluding hydrogens is 258 g/mol. The van der Waals surface area contributed by atoms with Crippen LogP contribution in [0.15, 0.2) is 23.7 Å². The van der Waals surface area contributed by atoms with Crippen LogP contribution in [0.5, 0.6) is 5.75 Å². The number of methoxy groups -OCH3 is 1. The van der Waals surface area contributed by atoms with Gasteiger partial charge in [-0.15, -0.1) is 11.3 Å². The van der Waals surface area contributed by atoms with E-state index in [1.54, 1.807) is 18.4 Å². The first kappa shape index (κ1) is 13.8. The molecule has 1 heterocycles. The molecule has 2 N–H and O–H groups in total. The van der Waals surface area contributed by atoms with Gasteiger partial charge < -0.3 is 10.5 Å². The summed E-state index contributed by atoms with van der Waals surface area (Å²) in [6.45, 7) is 3.72. The van der Waals surface area contributed by atoms with Crippen molar-refractivity contribution < 1.29 is 4.74 Å². The van der Waals surface area contributed by atoms with Crippen molar-refractivity contribution in [2.24, 2.45) is 0 Å².